The number of anilines is 1. The Morgan fingerprint density at radius 2 is 2.11 bits per heavy atom. The fourth-order valence-electron chi connectivity index (χ4n) is 2.84. The lowest BCUT2D eigenvalue weighted by Crippen LogP contribution is -2.41. The maximum absolute atomic E-state index is 5.99. The number of ether oxygens (including phenoxy) is 1. The van der Waals surface area contributed by atoms with Crippen molar-refractivity contribution in [3.8, 4) is 0 Å². The maximum Gasteiger partial charge on any atom is 0.205 e. The minimum Gasteiger partial charge on any atom is -0.383 e. The van der Waals surface area contributed by atoms with E-state index in [4.69, 9.17) is 10.5 Å². The standard InChI is InChI=1S/C14H26N4O/c1-11(10-19-3)18-9-6-16-14(18)17-7-4-13(5-8-17)12(2)15/h6,9,11-13H,4-5,7-8,10,15H2,1-3H3. The van der Waals surface area contributed by atoms with Crippen molar-refractivity contribution in [2.75, 3.05) is 31.7 Å². The number of methoxy groups -OCH3 is 1. The molecule has 5 heteroatoms. The van der Waals surface area contributed by atoms with E-state index >= 15 is 0 Å². The average molecular weight is 266 g/mol. The summed E-state index contributed by atoms with van der Waals surface area (Å²) in [6, 6.07) is 0.614. The molecule has 2 atom stereocenters. The van der Waals surface area contributed by atoms with Gasteiger partial charge in [-0.15, -0.1) is 0 Å². The highest BCUT2D eigenvalue weighted by atomic mass is 16.5. The van der Waals surface area contributed by atoms with Crippen LogP contribution in [0.3, 0.4) is 0 Å². The Morgan fingerprint density at radius 1 is 1.42 bits per heavy atom. The van der Waals surface area contributed by atoms with Gasteiger partial charge in [0.2, 0.25) is 5.95 Å². The summed E-state index contributed by atoms with van der Waals surface area (Å²) in [4.78, 5) is 6.88. The van der Waals surface area contributed by atoms with Gasteiger partial charge in [-0.3, -0.25) is 0 Å². The van der Waals surface area contributed by atoms with Gasteiger partial charge in [-0.2, -0.15) is 0 Å². The Hall–Kier alpha value is -1.07. The summed E-state index contributed by atoms with van der Waals surface area (Å²) in [6.45, 7) is 7.07. The van der Waals surface area contributed by atoms with Crippen LogP contribution in [0, 0.1) is 5.92 Å². The fourth-order valence-corrected chi connectivity index (χ4v) is 2.84. The van der Waals surface area contributed by atoms with E-state index in [1.165, 1.54) is 0 Å². The molecular weight excluding hydrogens is 240 g/mol. The summed E-state index contributed by atoms with van der Waals surface area (Å²) < 4.78 is 7.44. The Morgan fingerprint density at radius 3 is 2.68 bits per heavy atom. The lowest BCUT2D eigenvalue weighted by molar-refractivity contribution is 0.162. The van der Waals surface area contributed by atoms with E-state index in [0.29, 0.717) is 24.6 Å². The minimum atomic E-state index is 0.300. The summed E-state index contributed by atoms with van der Waals surface area (Å²) in [7, 11) is 1.74. The van der Waals surface area contributed by atoms with Gasteiger partial charge >= 0.3 is 0 Å². The van der Waals surface area contributed by atoms with E-state index in [1.54, 1.807) is 7.11 Å². The normalized spacial score (nSPS) is 20.5. The molecule has 1 fully saturated rings. The number of hydrogen-bond acceptors (Lipinski definition) is 4. The zero-order valence-corrected chi connectivity index (χ0v) is 12.2. The van der Waals surface area contributed by atoms with E-state index < -0.39 is 0 Å². The number of hydrogen-bond donors (Lipinski definition) is 1. The van der Waals surface area contributed by atoms with Gasteiger partial charge < -0.3 is 19.9 Å². The first-order valence-electron chi connectivity index (χ1n) is 7.15. The van der Waals surface area contributed by atoms with Crippen LogP contribution in [-0.2, 0) is 4.74 Å². The molecule has 0 saturated carbocycles. The van der Waals surface area contributed by atoms with Crippen LogP contribution in [0.5, 0.6) is 0 Å². The van der Waals surface area contributed by atoms with Crippen molar-refractivity contribution in [2.24, 2.45) is 11.7 Å². The highest BCUT2D eigenvalue weighted by molar-refractivity contribution is 5.32. The number of nitrogens with zero attached hydrogens (tertiary/aromatic N) is 3. The van der Waals surface area contributed by atoms with Gasteiger partial charge in [0.1, 0.15) is 0 Å². The molecule has 1 aromatic heterocycles. The third-order valence-electron chi connectivity index (χ3n) is 4.10. The monoisotopic (exact) mass is 266 g/mol. The van der Waals surface area contributed by atoms with E-state index in [-0.39, 0.29) is 0 Å². The van der Waals surface area contributed by atoms with E-state index in [9.17, 15) is 0 Å². The molecule has 2 rings (SSSR count). The highest BCUT2D eigenvalue weighted by Crippen LogP contribution is 2.25. The van der Waals surface area contributed by atoms with Crippen molar-refractivity contribution in [3.63, 3.8) is 0 Å². The predicted octanol–water partition coefficient (Wildman–Crippen LogP) is 1.65. The molecule has 2 N–H and O–H groups in total. The summed E-state index contributed by atoms with van der Waals surface area (Å²) in [6.07, 6.45) is 6.22. The SMILES string of the molecule is COCC(C)n1ccnc1N1CCC(C(C)N)CC1. The first-order valence-corrected chi connectivity index (χ1v) is 7.15. The quantitative estimate of drug-likeness (QED) is 0.880. The van der Waals surface area contributed by atoms with Crippen LogP contribution >= 0.6 is 0 Å². The molecule has 1 aromatic rings. The second kappa shape index (κ2) is 6.39. The van der Waals surface area contributed by atoms with Gasteiger partial charge in [0.05, 0.1) is 12.6 Å². The molecule has 0 aliphatic carbocycles. The van der Waals surface area contributed by atoms with Crippen LogP contribution in [0.4, 0.5) is 5.95 Å². The van der Waals surface area contributed by atoms with Crippen molar-refractivity contribution in [1.29, 1.82) is 0 Å². The Labute approximate surface area is 115 Å². The molecule has 1 aliphatic heterocycles. The first-order chi connectivity index (χ1) is 9.13. The molecule has 0 radical (unpaired) electrons. The summed E-state index contributed by atoms with van der Waals surface area (Å²) >= 11 is 0. The number of piperidine rings is 1. The lowest BCUT2D eigenvalue weighted by Gasteiger charge is -2.35. The van der Waals surface area contributed by atoms with Gasteiger partial charge in [-0.05, 0) is 32.6 Å². The van der Waals surface area contributed by atoms with Crippen LogP contribution in [0.15, 0.2) is 12.4 Å². The number of aromatic nitrogens is 2. The molecule has 1 aliphatic rings. The number of nitrogens with two attached hydrogens (primary N) is 1. The molecule has 0 spiro atoms. The molecular formula is C14H26N4O. The van der Waals surface area contributed by atoms with Crippen molar-refractivity contribution in [3.05, 3.63) is 12.4 Å². The molecule has 0 bridgehead atoms. The number of rotatable bonds is 5. The fraction of sp³-hybridized carbons (Fsp3) is 0.786. The van der Waals surface area contributed by atoms with Crippen LogP contribution in [0.25, 0.3) is 0 Å². The van der Waals surface area contributed by atoms with E-state index in [2.05, 4.69) is 28.3 Å². The van der Waals surface area contributed by atoms with Crippen molar-refractivity contribution in [2.45, 2.75) is 38.8 Å². The Balaban J connectivity index is 2.02. The Kier molecular flexibility index (Phi) is 4.82. The molecule has 1 saturated heterocycles. The second-order valence-electron chi connectivity index (χ2n) is 5.62. The molecule has 0 amide bonds. The van der Waals surface area contributed by atoms with Crippen molar-refractivity contribution < 1.29 is 4.74 Å². The van der Waals surface area contributed by atoms with Gasteiger partial charge in [0, 0.05) is 38.6 Å². The highest BCUT2D eigenvalue weighted by Gasteiger charge is 2.24. The van der Waals surface area contributed by atoms with Crippen LogP contribution in [-0.4, -0.2) is 42.4 Å². The second-order valence-corrected chi connectivity index (χ2v) is 5.62. The van der Waals surface area contributed by atoms with Crippen LogP contribution in [0.1, 0.15) is 32.7 Å². The molecule has 19 heavy (non-hydrogen) atoms. The summed E-state index contributed by atoms with van der Waals surface area (Å²) in [5.41, 5.74) is 5.99. The molecule has 2 heterocycles. The smallest absolute Gasteiger partial charge is 0.205 e. The molecule has 0 aromatic carbocycles. The third-order valence-corrected chi connectivity index (χ3v) is 4.10. The van der Waals surface area contributed by atoms with E-state index in [1.807, 2.05) is 12.4 Å². The van der Waals surface area contributed by atoms with Gasteiger partial charge in [0.25, 0.3) is 0 Å². The third kappa shape index (κ3) is 3.28. The summed E-state index contributed by atoms with van der Waals surface area (Å²) in [5, 5.41) is 0. The van der Waals surface area contributed by atoms with Crippen LogP contribution in [0.2, 0.25) is 0 Å². The molecule has 2 unspecified atom stereocenters. The van der Waals surface area contributed by atoms with Crippen molar-refractivity contribution in [1.82, 2.24) is 9.55 Å². The zero-order valence-electron chi connectivity index (χ0n) is 12.2. The zero-order chi connectivity index (χ0) is 13.8. The average Bonchev–Trinajstić information content (AvgIpc) is 2.88. The molecule has 5 nitrogen and oxygen atoms in total. The topological polar surface area (TPSA) is 56.3 Å². The van der Waals surface area contributed by atoms with E-state index in [0.717, 1.165) is 31.9 Å². The van der Waals surface area contributed by atoms with Gasteiger partial charge in [-0.25, -0.2) is 4.98 Å². The van der Waals surface area contributed by atoms with Gasteiger partial charge in [-0.1, -0.05) is 0 Å². The summed E-state index contributed by atoms with van der Waals surface area (Å²) in [5.74, 6) is 1.71. The largest absolute Gasteiger partial charge is 0.383 e. The van der Waals surface area contributed by atoms with Gasteiger partial charge in [0.15, 0.2) is 0 Å². The maximum atomic E-state index is 5.99. The lowest BCUT2D eigenvalue weighted by atomic mass is 9.91. The predicted molar refractivity (Wildman–Crippen MR) is 77.4 cm³/mol. The Bertz CT molecular complexity index is 383. The molecule has 108 valence electrons. The first kappa shape index (κ1) is 14.3. The minimum absolute atomic E-state index is 0.300. The number of imidazole rings is 1. The van der Waals surface area contributed by atoms with Crippen molar-refractivity contribution >= 4 is 5.95 Å². The van der Waals surface area contributed by atoms with Crippen LogP contribution < -0.4 is 10.6 Å².